The smallest absolute Gasteiger partial charge is 0.346 e. The van der Waals surface area contributed by atoms with Gasteiger partial charge in [-0.15, -0.1) is 34.0 Å². The SMILES string of the molecule is Br.Br.[CH2-]C.[CH2-]C.[Zr+2]. The van der Waals surface area contributed by atoms with E-state index in [-0.39, 0.29) is 60.2 Å². The molecule has 7 heavy (non-hydrogen) atoms. The summed E-state index contributed by atoms with van der Waals surface area (Å²) in [6.07, 6.45) is 0. The van der Waals surface area contributed by atoms with Gasteiger partial charge in [0.15, 0.2) is 0 Å². The molecule has 0 aliphatic carbocycles. The minimum atomic E-state index is 0. The van der Waals surface area contributed by atoms with E-state index in [0.29, 0.717) is 0 Å². The molecule has 0 saturated heterocycles. The van der Waals surface area contributed by atoms with Crippen molar-refractivity contribution in [2.24, 2.45) is 0 Å². The van der Waals surface area contributed by atoms with Crippen LogP contribution in [-0.2, 0) is 26.2 Å². The van der Waals surface area contributed by atoms with E-state index in [0.717, 1.165) is 0 Å². The van der Waals surface area contributed by atoms with Gasteiger partial charge < -0.3 is 13.8 Å². The van der Waals surface area contributed by atoms with Crippen LogP contribution >= 0.6 is 34.0 Å². The fraction of sp³-hybridized carbons (Fsp3) is 0.500. The first-order chi connectivity index (χ1) is 2.00. The molecule has 0 radical (unpaired) electrons. The van der Waals surface area contributed by atoms with Crippen molar-refractivity contribution in [3.63, 3.8) is 0 Å². The Morgan fingerprint density at radius 1 is 0.714 bits per heavy atom. The van der Waals surface area contributed by atoms with Crippen LogP contribution in [0.3, 0.4) is 0 Å². The summed E-state index contributed by atoms with van der Waals surface area (Å²) in [4.78, 5) is 0. The second-order valence-corrected chi connectivity index (χ2v) is 0. The van der Waals surface area contributed by atoms with Crippen molar-refractivity contribution >= 4 is 34.0 Å². The zero-order chi connectivity index (χ0) is 4.00. The molecule has 0 aromatic rings. The van der Waals surface area contributed by atoms with Crippen LogP contribution in [-0.4, -0.2) is 0 Å². The minimum Gasteiger partial charge on any atom is -0.346 e. The molecule has 0 N–H and O–H groups in total. The van der Waals surface area contributed by atoms with E-state index in [1.165, 1.54) is 0 Å². The van der Waals surface area contributed by atoms with Crippen LogP contribution < -0.4 is 0 Å². The molecule has 0 unspecified atom stereocenters. The molecule has 46 valence electrons. The molecule has 0 nitrogen and oxygen atoms in total. The summed E-state index contributed by atoms with van der Waals surface area (Å²) in [6.45, 7) is 10.0. The van der Waals surface area contributed by atoms with Crippen LogP contribution in [0.25, 0.3) is 0 Å². The van der Waals surface area contributed by atoms with Crippen molar-refractivity contribution < 1.29 is 26.2 Å². The van der Waals surface area contributed by atoms with Crippen LogP contribution in [0, 0.1) is 13.8 Å². The summed E-state index contributed by atoms with van der Waals surface area (Å²) in [5.41, 5.74) is 0. The summed E-state index contributed by atoms with van der Waals surface area (Å²) in [6, 6.07) is 0. The Morgan fingerprint density at radius 2 is 0.714 bits per heavy atom. The molecule has 0 heterocycles. The van der Waals surface area contributed by atoms with Gasteiger partial charge in [0.2, 0.25) is 0 Å². The minimum absolute atomic E-state index is 0. The van der Waals surface area contributed by atoms with Gasteiger partial charge in [-0.25, -0.2) is 0 Å². The second-order valence-electron chi connectivity index (χ2n) is 0. The summed E-state index contributed by atoms with van der Waals surface area (Å²) < 4.78 is 0. The van der Waals surface area contributed by atoms with Crippen LogP contribution in [0.4, 0.5) is 0 Å². The van der Waals surface area contributed by atoms with Crippen molar-refractivity contribution in [3.05, 3.63) is 13.8 Å². The molecule has 0 saturated carbocycles. The fourth-order valence-corrected chi connectivity index (χ4v) is 0. The number of hydrogen-bond acceptors (Lipinski definition) is 0. The molecular weight excluding hydrogens is 299 g/mol. The molecule has 0 amide bonds. The summed E-state index contributed by atoms with van der Waals surface area (Å²) in [7, 11) is 0. The van der Waals surface area contributed by atoms with Gasteiger partial charge in [-0.2, -0.15) is 13.8 Å². The standard InChI is InChI=1S/2C2H5.2BrH.Zr/c2*1-2;;;/h2*1H2,2H3;2*1H;/q2*-1;;;+2. The maximum atomic E-state index is 3.25. The number of halogens is 2. The van der Waals surface area contributed by atoms with Gasteiger partial charge in [0.25, 0.3) is 0 Å². The summed E-state index contributed by atoms with van der Waals surface area (Å²) >= 11 is 0. The Hall–Kier alpha value is 1.84. The van der Waals surface area contributed by atoms with Gasteiger partial charge in [0, 0.05) is 0 Å². The monoisotopic (exact) mass is 308 g/mol. The third-order valence-electron chi connectivity index (χ3n) is 0. The van der Waals surface area contributed by atoms with Gasteiger partial charge in [0.1, 0.15) is 0 Å². The molecular formula is C4H12Br2Zr. The van der Waals surface area contributed by atoms with E-state index in [1.54, 1.807) is 13.8 Å². The Balaban J connectivity index is -0.00000000267. The normalized spacial score (nSPS) is 1.71. The first kappa shape index (κ1) is 36.8. The fourth-order valence-electron chi connectivity index (χ4n) is 0. The van der Waals surface area contributed by atoms with Crippen molar-refractivity contribution in [2.45, 2.75) is 13.8 Å². The van der Waals surface area contributed by atoms with Crippen molar-refractivity contribution in [2.75, 3.05) is 0 Å². The van der Waals surface area contributed by atoms with Gasteiger partial charge >= 0.3 is 26.2 Å². The van der Waals surface area contributed by atoms with Gasteiger partial charge in [0.05, 0.1) is 0 Å². The van der Waals surface area contributed by atoms with E-state index in [1.807, 2.05) is 0 Å². The van der Waals surface area contributed by atoms with Crippen LogP contribution in [0.2, 0.25) is 0 Å². The number of hydrogen-bond donors (Lipinski definition) is 0. The summed E-state index contributed by atoms with van der Waals surface area (Å²) in [5.74, 6) is 0. The van der Waals surface area contributed by atoms with Gasteiger partial charge in [-0.1, -0.05) is 0 Å². The van der Waals surface area contributed by atoms with E-state index in [9.17, 15) is 0 Å². The predicted molar refractivity (Wildman–Crippen MR) is 42.7 cm³/mol. The van der Waals surface area contributed by atoms with E-state index in [4.69, 9.17) is 0 Å². The zero-order valence-corrected chi connectivity index (χ0v) is 10.6. The zero-order valence-electron chi connectivity index (χ0n) is 4.73. The van der Waals surface area contributed by atoms with Crippen molar-refractivity contribution in [3.8, 4) is 0 Å². The molecule has 0 bridgehead atoms. The van der Waals surface area contributed by atoms with Crippen molar-refractivity contribution in [1.29, 1.82) is 0 Å². The molecule has 0 aliphatic heterocycles. The van der Waals surface area contributed by atoms with E-state index >= 15 is 0 Å². The average Bonchev–Trinajstić information content (AvgIpc) is 1.50. The van der Waals surface area contributed by atoms with Crippen LogP contribution in [0.15, 0.2) is 0 Å². The Bertz CT molecular complexity index is 9.65. The first-order valence-electron chi connectivity index (χ1n) is 1.41. The van der Waals surface area contributed by atoms with E-state index in [2.05, 4.69) is 13.8 Å². The Morgan fingerprint density at radius 3 is 0.714 bits per heavy atom. The van der Waals surface area contributed by atoms with E-state index < -0.39 is 0 Å². The molecule has 0 aromatic heterocycles. The molecule has 0 aromatic carbocycles. The topological polar surface area (TPSA) is 0 Å². The molecule has 0 fully saturated rings. The number of rotatable bonds is 0. The molecule has 0 rings (SSSR count). The van der Waals surface area contributed by atoms with Crippen LogP contribution in [0.5, 0.6) is 0 Å². The van der Waals surface area contributed by atoms with Gasteiger partial charge in [-0.05, 0) is 0 Å². The average molecular weight is 311 g/mol. The maximum absolute atomic E-state index is 3.25. The van der Waals surface area contributed by atoms with Crippen molar-refractivity contribution in [1.82, 2.24) is 0 Å². The molecule has 0 aliphatic rings. The third kappa shape index (κ3) is 78.8. The maximum Gasteiger partial charge on any atom is 2.00 e. The molecule has 3 heteroatoms. The third-order valence-corrected chi connectivity index (χ3v) is 0. The second kappa shape index (κ2) is 108. The molecule has 0 spiro atoms. The summed E-state index contributed by atoms with van der Waals surface area (Å²) in [5, 5.41) is 0. The van der Waals surface area contributed by atoms with Crippen LogP contribution in [0.1, 0.15) is 13.8 Å². The predicted octanol–water partition coefficient (Wildman–Crippen LogP) is 2.83. The molecule has 0 atom stereocenters. The Labute approximate surface area is 87.1 Å². The quantitative estimate of drug-likeness (QED) is 0.604. The Kier molecular flexibility index (Phi) is 569. The first-order valence-corrected chi connectivity index (χ1v) is 1.41. The van der Waals surface area contributed by atoms with Gasteiger partial charge in [-0.3, -0.25) is 0 Å². The largest absolute Gasteiger partial charge is 2.00 e.